The summed E-state index contributed by atoms with van der Waals surface area (Å²) in [6.07, 6.45) is 6.30. The lowest BCUT2D eigenvalue weighted by Crippen LogP contribution is -2.00. The molecule has 0 heterocycles. The zero-order valence-electron chi connectivity index (χ0n) is 8.40. The Hall–Kier alpha value is -1.31. The molecule has 1 N–H and O–H groups in total. The van der Waals surface area contributed by atoms with Crippen LogP contribution in [0.3, 0.4) is 0 Å². The van der Waals surface area contributed by atoms with E-state index in [4.69, 9.17) is 11.0 Å². The van der Waals surface area contributed by atoms with Gasteiger partial charge in [-0.25, -0.2) is 0 Å². The monoisotopic (exact) mass is 224 g/mol. The molecule has 3 nitrogen and oxygen atoms in total. The van der Waals surface area contributed by atoms with E-state index in [0.29, 0.717) is 12.8 Å². The predicted molar refractivity (Wildman–Crippen MR) is 58.1 cm³/mol. The summed E-state index contributed by atoms with van der Waals surface area (Å²) < 4.78 is 30.6. The second-order valence-corrected chi connectivity index (χ2v) is 4.69. The molecule has 0 bridgehead atoms. The van der Waals surface area contributed by atoms with Crippen molar-refractivity contribution < 1.29 is 13.0 Å². The Kier molecular flexibility index (Phi) is 3.51. The molecular formula is C11H12O3S. The highest BCUT2D eigenvalue weighted by Gasteiger charge is 2.10. The van der Waals surface area contributed by atoms with Gasteiger partial charge in [-0.2, -0.15) is 8.42 Å². The summed E-state index contributed by atoms with van der Waals surface area (Å²) in [5.74, 6) is 2.49. The van der Waals surface area contributed by atoms with Crippen LogP contribution in [-0.4, -0.2) is 13.0 Å². The summed E-state index contributed by atoms with van der Waals surface area (Å²) in [5, 5.41) is 0. The van der Waals surface area contributed by atoms with Gasteiger partial charge in [0.05, 0.1) is 4.90 Å². The average molecular weight is 224 g/mol. The first-order chi connectivity index (χ1) is 6.95. The van der Waals surface area contributed by atoms with E-state index in [1.807, 2.05) is 6.92 Å². The van der Waals surface area contributed by atoms with Gasteiger partial charge in [-0.05, 0) is 36.6 Å². The molecule has 0 atom stereocenters. The first-order valence-corrected chi connectivity index (χ1v) is 5.89. The number of rotatable bonds is 3. The van der Waals surface area contributed by atoms with Gasteiger partial charge in [0.2, 0.25) is 0 Å². The van der Waals surface area contributed by atoms with Crippen molar-refractivity contribution in [3.63, 3.8) is 0 Å². The summed E-state index contributed by atoms with van der Waals surface area (Å²) in [5.41, 5.74) is 1.82. The van der Waals surface area contributed by atoms with Crippen molar-refractivity contribution in [2.24, 2.45) is 0 Å². The van der Waals surface area contributed by atoms with Crippen molar-refractivity contribution in [1.82, 2.24) is 0 Å². The minimum atomic E-state index is -4.12. The number of aryl methyl sites for hydroxylation is 2. The molecule has 0 saturated carbocycles. The lowest BCUT2D eigenvalue weighted by atomic mass is 10.0. The van der Waals surface area contributed by atoms with Crippen molar-refractivity contribution in [2.75, 3.05) is 0 Å². The van der Waals surface area contributed by atoms with Crippen LogP contribution in [0.4, 0.5) is 0 Å². The summed E-state index contributed by atoms with van der Waals surface area (Å²) in [7, 11) is -4.12. The third kappa shape index (κ3) is 3.08. The van der Waals surface area contributed by atoms with Crippen LogP contribution in [0.15, 0.2) is 23.1 Å². The predicted octanol–water partition coefficient (Wildman–Crippen LogP) is 1.81. The SMILES string of the molecule is C#CCCc1cc(S(=O)(=O)O)ccc1C. The van der Waals surface area contributed by atoms with Crippen LogP contribution in [0.5, 0.6) is 0 Å². The topological polar surface area (TPSA) is 54.4 Å². The molecule has 80 valence electrons. The second-order valence-electron chi connectivity index (χ2n) is 3.27. The van der Waals surface area contributed by atoms with Crippen LogP contribution in [-0.2, 0) is 16.5 Å². The molecule has 0 aliphatic rings. The van der Waals surface area contributed by atoms with Crippen LogP contribution in [0, 0.1) is 19.3 Å². The molecule has 0 aromatic heterocycles. The van der Waals surface area contributed by atoms with Gasteiger partial charge in [0, 0.05) is 6.42 Å². The number of benzene rings is 1. The Morgan fingerprint density at radius 2 is 2.13 bits per heavy atom. The largest absolute Gasteiger partial charge is 0.294 e. The van der Waals surface area contributed by atoms with Gasteiger partial charge < -0.3 is 0 Å². The highest BCUT2D eigenvalue weighted by Crippen LogP contribution is 2.16. The Balaban J connectivity index is 3.12. The van der Waals surface area contributed by atoms with Gasteiger partial charge >= 0.3 is 0 Å². The molecule has 0 radical (unpaired) electrons. The summed E-state index contributed by atoms with van der Waals surface area (Å²) in [6.45, 7) is 1.87. The Morgan fingerprint density at radius 3 is 2.67 bits per heavy atom. The second kappa shape index (κ2) is 4.47. The van der Waals surface area contributed by atoms with Gasteiger partial charge in [0.1, 0.15) is 0 Å². The van der Waals surface area contributed by atoms with Crippen molar-refractivity contribution >= 4 is 10.1 Å². The van der Waals surface area contributed by atoms with E-state index in [1.165, 1.54) is 12.1 Å². The van der Waals surface area contributed by atoms with Crippen molar-refractivity contribution in [3.8, 4) is 12.3 Å². The van der Waals surface area contributed by atoms with Crippen LogP contribution < -0.4 is 0 Å². The van der Waals surface area contributed by atoms with E-state index in [0.717, 1.165) is 11.1 Å². The van der Waals surface area contributed by atoms with Crippen LogP contribution >= 0.6 is 0 Å². The molecule has 1 aromatic rings. The zero-order valence-corrected chi connectivity index (χ0v) is 9.21. The van der Waals surface area contributed by atoms with Crippen LogP contribution in [0.25, 0.3) is 0 Å². The molecule has 4 heteroatoms. The molecule has 0 aliphatic heterocycles. The third-order valence-corrected chi connectivity index (χ3v) is 3.01. The molecule has 0 amide bonds. The number of terminal acetylenes is 1. The summed E-state index contributed by atoms with van der Waals surface area (Å²) in [6, 6.07) is 4.50. The molecule has 0 fully saturated rings. The lowest BCUT2D eigenvalue weighted by Gasteiger charge is -2.05. The third-order valence-electron chi connectivity index (χ3n) is 2.16. The van der Waals surface area contributed by atoms with E-state index >= 15 is 0 Å². The van der Waals surface area contributed by atoms with Gasteiger partial charge in [-0.3, -0.25) is 4.55 Å². The van der Waals surface area contributed by atoms with E-state index in [-0.39, 0.29) is 4.90 Å². The first-order valence-electron chi connectivity index (χ1n) is 4.45. The Labute approximate surface area is 89.9 Å². The zero-order chi connectivity index (χ0) is 11.5. The van der Waals surface area contributed by atoms with Crippen molar-refractivity contribution in [1.29, 1.82) is 0 Å². The van der Waals surface area contributed by atoms with E-state index < -0.39 is 10.1 Å². The molecule has 0 aliphatic carbocycles. The summed E-state index contributed by atoms with van der Waals surface area (Å²) in [4.78, 5) is -0.0832. The van der Waals surface area contributed by atoms with Crippen LogP contribution in [0.2, 0.25) is 0 Å². The first kappa shape index (κ1) is 11.8. The molecule has 0 unspecified atom stereocenters. The fraction of sp³-hybridized carbons (Fsp3) is 0.273. The van der Waals surface area contributed by atoms with E-state index in [2.05, 4.69) is 5.92 Å². The smallest absolute Gasteiger partial charge is 0.282 e. The molecule has 0 spiro atoms. The van der Waals surface area contributed by atoms with E-state index in [9.17, 15) is 8.42 Å². The molecular weight excluding hydrogens is 212 g/mol. The molecule has 1 aromatic carbocycles. The number of hydrogen-bond acceptors (Lipinski definition) is 2. The average Bonchev–Trinajstić information content (AvgIpc) is 2.15. The normalized spacial score (nSPS) is 11.0. The fourth-order valence-corrected chi connectivity index (χ4v) is 1.82. The van der Waals surface area contributed by atoms with Crippen molar-refractivity contribution in [2.45, 2.75) is 24.7 Å². The van der Waals surface area contributed by atoms with Gasteiger partial charge in [-0.1, -0.05) is 6.07 Å². The Bertz CT molecular complexity index is 495. The molecule has 15 heavy (non-hydrogen) atoms. The van der Waals surface area contributed by atoms with Gasteiger partial charge in [0.25, 0.3) is 10.1 Å². The highest BCUT2D eigenvalue weighted by atomic mass is 32.2. The molecule has 0 saturated heterocycles. The maximum absolute atomic E-state index is 10.9. The quantitative estimate of drug-likeness (QED) is 0.629. The van der Waals surface area contributed by atoms with Crippen molar-refractivity contribution in [3.05, 3.63) is 29.3 Å². The maximum Gasteiger partial charge on any atom is 0.294 e. The standard InChI is InChI=1S/C11H12O3S/c1-3-4-5-10-8-11(15(12,13)14)7-6-9(10)2/h1,6-8H,4-5H2,2H3,(H,12,13,14). The van der Waals surface area contributed by atoms with E-state index in [1.54, 1.807) is 6.07 Å². The lowest BCUT2D eigenvalue weighted by molar-refractivity contribution is 0.483. The fourth-order valence-electron chi connectivity index (χ4n) is 1.28. The minimum absolute atomic E-state index is 0.0832. The Morgan fingerprint density at radius 1 is 1.47 bits per heavy atom. The number of hydrogen-bond donors (Lipinski definition) is 1. The van der Waals surface area contributed by atoms with Gasteiger partial charge in [-0.15, -0.1) is 12.3 Å². The van der Waals surface area contributed by atoms with Crippen LogP contribution in [0.1, 0.15) is 17.5 Å². The minimum Gasteiger partial charge on any atom is -0.282 e. The van der Waals surface area contributed by atoms with Gasteiger partial charge in [0.15, 0.2) is 0 Å². The summed E-state index contributed by atoms with van der Waals surface area (Å²) >= 11 is 0. The highest BCUT2D eigenvalue weighted by molar-refractivity contribution is 7.85. The maximum atomic E-state index is 10.9. The molecule has 1 rings (SSSR count).